The van der Waals surface area contributed by atoms with Gasteiger partial charge in [0.1, 0.15) is 0 Å². The van der Waals surface area contributed by atoms with Crippen LogP contribution in [0.3, 0.4) is 0 Å². The molecule has 0 aliphatic heterocycles. The Morgan fingerprint density at radius 2 is 2.29 bits per heavy atom. The molecule has 1 aromatic heterocycles. The summed E-state index contributed by atoms with van der Waals surface area (Å²) < 4.78 is 0. The van der Waals surface area contributed by atoms with E-state index in [-0.39, 0.29) is 0 Å². The Morgan fingerprint density at radius 1 is 1.43 bits per heavy atom. The van der Waals surface area contributed by atoms with Crippen LogP contribution >= 0.6 is 11.3 Å². The molecule has 2 nitrogen and oxygen atoms in total. The molecule has 0 bridgehead atoms. The normalized spacial score (nSPS) is 11.1. The minimum atomic E-state index is 1.07. The average Bonchev–Trinajstić information content (AvgIpc) is 2.69. The van der Waals surface area contributed by atoms with Crippen molar-refractivity contribution in [3.63, 3.8) is 0 Å². The maximum absolute atomic E-state index is 3.35. The first-order valence-corrected chi connectivity index (χ1v) is 6.25. The van der Waals surface area contributed by atoms with E-state index < -0.39 is 0 Å². The Bertz CT molecular complexity index is 221. The molecule has 1 N–H and O–H groups in total. The summed E-state index contributed by atoms with van der Waals surface area (Å²) in [5.74, 6) is 0. The molecule has 0 atom stereocenters. The zero-order chi connectivity index (χ0) is 10.2. The average molecular weight is 212 g/mol. The molecule has 0 aliphatic carbocycles. The van der Waals surface area contributed by atoms with Gasteiger partial charge in [-0.3, -0.25) is 4.90 Å². The summed E-state index contributed by atoms with van der Waals surface area (Å²) >= 11 is 1.78. The largest absolute Gasteiger partial charge is 0.316 e. The lowest BCUT2D eigenvalue weighted by Crippen LogP contribution is -2.31. The van der Waals surface area contributed by atoms with Crippen LogP contribution in [0.1, 0.15) is 19.4 Å². The summed E-state index contributed by atoms with van der Waals surface area (Å²) in [6.45, 7) is 9.88. The molecular weight excluding hydrogens is 192 g/mol. The molecular formula is C11H20N2S. The van der Waals surface area contributed by atoms with Crippen molar-refractivity contribution in [1.29, 1.82) is 0 Å². The van der Waals surface area contributed by atoms with Gasteiger partial charge in [-0.25, -0.2) is 0 Å². The van der Waals surface area contributed by atoms with E-state index in [9.17, 15) is 0 Å². The van der Waals surface area contributed by atoms with Crippen LogP contribution in [0.15, 0.2) is 16.8 Å². The Hall–Kier alpha value is -0.380. The lowest BCUT2D eigenvalue weighted by molar-refractivity contribution is 0.280. The van der Waals surface area contributed by atoms with Crippen LogP contribution in [-0.4, -0.2) is 31.1 Å². The number of thiophene rings is 1. The third-order valence-electron chi connectivity index (χ3n) is 2.29. The smallest absolute Gasteiger partial charge is 0.0242 e. The number of hydrogen-bond donors (Lipinski definition) is 1. The maximum atomic E-state index is 3.35. The van der Waals surface area contributed by atoms with Crippen molar-refractivity contribution in [3.8, 4) is 0 Å². The van der Waals surface area contributed by atoms with Gasteiger partial charge in [-0.05, 0) is 35.5 Å². The summed E-state index contributed by atoms with van der Waals surface area (Å²) in [6.07, 6.45) is 0. The minimum absolute atomic E-state index is 1.07. The van der Waals surface area contributed by atoms with Crippen LogP contribution in [0.2, 0.25) is 0 Å². The number of rotatable bonds is 7. The first kappa shape index (κ1) is 11.7. The number of nitrogens with zero attached hydrogens (tertiary/aromatic N) is 1. The number of likely N-dealkylation sites (N-methyl/N-ethyl adjacent to an activating group) is 2. The van der Waals surface area contributed by atoms with Crippen molar-refractivity contribution in [2.75, 3.05) is 26.2 Å². The second kappa shape index (κ2) is 6.98. The monoisotopic (exact) mass is 212 g/mol. The molecule has 0 spiro atoms. The van der Waals surface area contributed by atoms with Crippen molar-refractivity contribution >= 4 is 11.3 Å². The van der Waals surface area contributed by atoms with Crippen LogP contribution in [0.4, 0.5) is 0 Å². The van der Waals surface area contributed by atoms with Crippen LogP contribution < -0.4 is 5.32 Å². The SMILES string of the molecule is CCNCCN(CC)Cc1ccsc1. The summed E-state index contributed by atoms with van der Waals surface area (Å²) in [6, 6.07) is 2.21. The van der Waals surface area contributed by atoms with Crippen LogP contribution in [0.25, 0.3) is 0 Å². The van der Waals surface area contributed by atoms with Crippen LogP contribution in [0.5, 0.6) is 0 Å². The first-order valence-electron chi connectivity index (χ1n) is 5.31. The summed E-state index contributed by atoms with van der Waals surface area (Å²) in [5, 5.41) is 7.73. The third-order valence-corrected chi connectivity index (χ3v) is 3.02. The van der Waals surface area contributed by atoms with Gasteiger partial charge in [0.2, 0.25) is 0 Å². The molecule has 0 saturated carbocycles. The Morgan fingerprint density at radius 3 is 2.86 bits per heavy atom. The molecule has 0 radical (unpaired) electrons. The molecule has 1 aromatic rings. The van der Waals surface area contributed by atoms with Gasteiger partial charge < -0.3 is 5.32 Å². The van der Waals surface area contributed by atoms with Crippen LogP contribution in [-0.2, 0) is 6.54 Å². The van der Waals surface area contributed by atoms with Crippen molar-refractivity contribution in [1.82, 2.24) is 10.2 Å². The van der Waals surface area contributed by atoms with Crippen molar-refractivity contribution in [3.05, 3.63) is 22.4 Å². The van der Waals surface area contributed by atoms with Gasteiger partial charge in [-0.2, -0.15) is 11.3 Å². The Balaban J connectivity index is 2.24. The fourth-order valence-corrected chi connectivity index (χ4v) is 2.06. The zero-order valence-corrected chi connectivity index (χ0v) is 9.94. The van der Waals surface area contributed by atoms with E-state index in [1.807, 2.05) is 0 Å². The van der Waals surface area contributed by atoms with E-state index >= 15 is 0 Å². The summed E-state index contributed by atoms with van der Waals surface area (Å²) in [4.78, 5) is 2.46. The van der Waals surface area contributed by atoms with Crippen molar-refractivity contribution < 1.29 is 0 Å². The summed E-state index contributed by atoms with van der Waals surface area (Å²) in [5.41, 5.74) is 1.44. The minimum Gasteiger partial charge on any atom is -0.316 e. The first-order chi connectivity index (χ1) is 6.86. The van der Waals surface area contributed by atoms with E-state index in [0.717, 1.165) is 32.7 Å². The van der Waals surface area contributed by atoms with E-state index in [0.29, 0.717) is 0 Å². The second-order valence-electron chi connectivity index (χ2n) is 3.35. The topological polar surface area (TPSA) is 15.3 Å². The lowest BCUT2D eigenvalue weighted by Gasteiger charge is -2.19. The summed E-state index contributed by atoms with van der Waals surface area (Å²) in [7, 11) is 0. The fraction of sp³-hybridized carbons (Fsp3) is 0.636. The number of hydrogen-bond acceptors (Lipinski definition) is 3. The molecule has 0 unspecified atom stereocenters. The molecule has 80 valence electrons. The molecule has 3 heteroatoms. The molecule has 0 saturated heterocycles. The fourth-order valence-electron chi connectivity index (χ4n) is 1.40. The highest BCUT2D eigenvalue weighted by molar-refractivity contribution is 7.07. The number of nitrogens with one attached hydrogen (secondary N) is 1. The maximum Gasteiger partial charge on any atom is 0.0242 e. The highest BCUT2D eigenvalue weighted by Gasteiger charge is 2.02. The standard InChI is InChI=1S/C11H20N2S/c1-3-12-6-7-13(4-2)9-11-5-8-14-10-11/h5,8,10,12H,3-4,6-7,9H2,1-2H3. The Labute approximate surface area is 90.9 Å². The highest BCUT2D eigenvalue weighted by Crippen LogP contribution is 2.08. The van der Waals surface area contributed by atoms with E-state index in [4.69, 9.17) is 0 Å². The third kappa shape index (κ3) is 4.22. The second-order valence-corrected chi connectivity index (χ2v) is 4.13. The highest BCUT2D eigenvalue weighted by atomic mass is 32.1. The Kier molecular flexibility index (Phi) is 5.83. The van der Waals surface area contributed by atoms with Gasteiger partial charge >= 0.3 is 0 Å². The van der Waals surface area contributed by atoms with Gasteiger partial charge in [0.15, 0.2) is 0 Å². The van der Waals surface area contributed by atoms with E-state index in [1.54, 1.807) is 11.3 Å². The van der Waals surface area contributed by atoms with Crippen molar-refractivity contribution in [2.24, 2.45) is 0 Å². The van der Waals surface area contributed by atoms with E-state index in [1.165, 1.54) is 5.56 Å². The predicted octanol–water partition coefficient (Wildman–Crippen LogP) is 2.18. The van der Waals surface area contributed by atoms with Gasteiger partial charge in [0.05, 0.1) is 0 Å². The van der Waals surface area contributed by atoms with Crippen molar-refractivity contribution in [2.45, 2.75) is 20.4 Å². The molecule has 14 heavy (non-hydrogen) atoms. The molecule has 0 aliphatic rings. The molecule has 0 aromatic carbocycles. The molecule has 1 heterocycles. The molecule has 0 amide bonds. The van der Waals surface area contributed by atoms with Gasteiger partial charge in [-0.1, -0.05) is 13.8 Å². The molecule has 1 rings (SSSR count). The predicted molar refractivity (Wildman–Crippen MR) is 63.8 cm³/mol. The van der Waals surface area contributed by atoms with Gasteiger partial charge in [0, 0.05) is 19.6 Å². The quantitative estimate of drug-likeness (QED) is 0.697. The van der Waals surface area contributed by atoms with Gasteiger partial charge in [0.25, 0.3) is 0 Å². The zero-order valence-electron chi connectivity index (χ0n) is 9.12. The van der Waals surface area contributed by atoms with E-state index in [2.05, 4.69) is 40.9 Å². The molecule has 0 fully saturated rings. The van der Waals surface area contributed by atoms with Crippen LogP contribution in [0, 0.1) is 0 Å². The van der Waals surface area contributed by atoms with Gasteiger partial charge in [-0.15, -0.1) is 0 Å². The lowest BCUT2D eigenvalue weighted by atomic mass is 10.3.